The van der Waals surface area contributed by atoms with E-state index >= 15 is 0 Å². The topological polar surface area (TPSA) is 74.5 Å². The van der Waals surface area contributed by atoms with Crippen LogP contribution in [-0.2, 0) is 16.1 Å². The number of halogens is 2. The molecule has 2 aromatic carbocycles. The van der Waals surface area contributed by atoms with E-state index in [-0.39, 0.29) is 24.2 Å². The largest absolute Gasteiger partial charge is 0.479 e. The standard InChI is InChI=1S/C18H14F2N2O4/c1-11(25-15-8-6-14(20)7-9-15)18(23)24-10-16-21-22-17(26-16)12-2-4-13(19)5-3-12/h2-9,11H,10H2,1H3/t11-/m1/s1. The molecular weight excluding hydrogens is 346 g/mol. The van der Waals surface area contributed by atoms with Crippen LogP contribution >= 0.6 is 0 Å². The molecule has 134 valence electrons. The number of hydrogen-bond donors (Lipinski definition) is 0. The van der Waals surface area contributed by atoms with Crippen LogP contribution in [0.2, 0.25) is 0 Å². The average molecular weight is 360 g/mol. The molecule has 1 aromatic heterocycles. The number of rotatable bonds is 6. The molecule has 0 saturated carbocycles. The fourth-order valence-corrected chi connectivity index (χ4v) is 2.04. The summed E-state index contributed by atoms with van der Waals surface area (Å²) < 4.78 is 41.5. The van der Waals surface area contributed by atoms with Gasteiger partial charge in [-0.25, -0.2) is 13.6 Å². The van der Waals surface area contributed by atoms with E-state index in [4.69, 9.17) is 13.9 Å². The summed E-state index contributed by atoms with van der Waals surface area (Å²) in [4.78, 5) is 11.9. The van der Waals surface area contributed by atoms with Gasteiger partial charge in [0, 0.05) is 5.56 Å². The minimum absolute atomic E-state index is 0.0895. The fourth-order valence-electron chi connectivity index (χ4n) is 2.04. The minimum Gasteiger partial charge on any atom is -0.479 e. The van der Waals surface area contributed by atoms with Crippen LogP contribution in [0.3, 0.4) is 0 Å². The summed E-state index contributed by atoms with van der Waals surface area (Å²) in [5.74, 6) is -0.806. The van der Waals surface area contributed by atoms with Crippen LogP contribution in [0.15, 0.2) is 52.9 Å². The molecule has 0 saturated heterocycles. The molecule has 8 heteroatoms. The van der Waals surface area contributed by atoms with Crippen molar-refractivity contribution in [3.05, 3.63) is 66.1 Å². The van der Waals surface area contributed by atoms with Gasteiger partial charge in [-0.05, 0) is 55.5 Å². The summed E-state index contributed by atoms with van der Waals surface area (Å²) in [6, 6.07) is 10.8. The summed E-state index contributed by atoms with van der Waals surface area (Å²) >= 11 is 0. The molecular formula is C18H14F2N2O4. The zero-order valence-electron chi connectivity index (χ0n) is 13.7. The third-order valence-corrected chi connectivity index (χ3v) is 3.35. The SMILES string of the molecule is C[C@@H](Oc1ccc(F)cc1)C(=O)OCc1nnc(-c2ccc(F)cc2)o1. The molecule has 0 N–H and O–H groups in total. The predicted octanol–water partition coefficient (Wildman–Crippen LogP) is 3.53. The summed E-state index contributed by atoms with van der Waals surface area (Å²) in [5.41, 5.74) is 0.546. The molecule has 0 aliphatic carbocycles. The van der Waals surface area contributed by atoms with Crippen LogP contribution in [-0.4, -0.2) is 22.3 Å². The number of ether oxygens (including phenoxy) is 2. The van der Waals surface area contributed by atoms with E-state index in [2.05, 4.69) is 10.2 Å². The average Bonchev–Trinajstić information content (AvgIpc) is 3.11. The second-order valence-corrected chi connectivity index (χ2v) is 5.33. The van der Waals surface area contributed by atoms with Crippen LogP contribution in [0.25, 0.3) is 11.5 Å². The van der Waals surface area contributed by atoms with Crippen molar-refractivity contribution in [3.63, 3.8) is 0 Å². The van der Waals surface area contributed by atoms with Crippen molar-refractivity contribution in [2.45, 2.75) is 19.6 Å². The molecule has 0 aliphatic rings. The highest BCUT2D eigenvalue weighted by Gasteiger charge is 2.18. The first-order valence-electron chi connectivity index (χ1n) is 7.68. The minimum atomic E-state index is -0.903. The van der Waals surface area contributed by atoms with E-state index in [0.29, 0.717) is 11.3 Å². The Labute approximate surface area is 147 Å². The highest BCUT2D eigenvalue weighted by Crippen LogP contribution is 2.18. The van der Waals surface area contributed by atoms with Gasteiger partial charge in [0.25, 0.3) is 5.89 Å². The summed E-state index contributed by atoms with van der Waals surface area (Å²) in [6.45, 7) is 1.27. The van der Waals surface area contributed by atoms with E-state index in [0.717, 1.165) is 0 Å². The van der Waals surface area contributed by atoms with E-state index < -0.39 is 17.9 Å². The van der Waals surface area contributed by atoms with Crippen molar-refractivity contribution in [1.82, 2.24) is 10.2 Å². The van der Waals surface area contributed by atoms with E-state index in [1.54, 1.807) is 0 Å². The third kappa shape index (κ3) is 4.41. The second kappa shape index (κ2) is 7.73. The van der Waals surface area contributed by atoms with Crippen LogP contribution in [0.5, 0.6) is 5.75 Å². The van der Waals surface area contributed by atoms with Crippen LogP contribution < -0.4 is 4.74 Å². The number of benzene rings is 2. The maximum Gasteiger partial charge on any atom is 0.347 e. The monoisotopic (exact) mass is 360 g/mol. The second-order valence-electron chi connectivity index (χ2n) is 5.33. The van der Waals surface area contributed by atoms with Gasteiger partial charge in [0.05, 0.1) is 0 Å². The summed E-state index contributed by atoms with van der Waals surface area (Å²) in [5, 5.41) is 7.59. The van der Waals surface area contributed by atoms with Crippen LogP contribution in [0, 0.1) is 11.6 Å². The van der Waals surface area contributed by atoms with Gasteiger partial charge in [0.15, 0.2) is 12.7 Å². The zero-order chi connectivity index (χ0) is 18.5. The Hall–Kier alpha value is -3.29. The molecule has 0 bridgehead atoms. The molecule has 0 unspecified atom stereocenters. The van der Waals surface area contributed by atoms with Crippen LogP contribution in [0.1, 0.15) is 12.8 Å². The maximum atomic E-state index is 12.9. The highest BCUT2D eigenvalue weighted by atomic mass is 19.1. The molecule has 1 atom stereocenters. The molecule has 3 aromatic rings. The number of nitrogens with zero attached hydrogens (tertiary/aromatic N) is 2. The Balaban J connectivity index is 1.54. The molecule has 0 radical (unpaired) electrons. The molecule has 0 amide bonds. The Kier molecular flexibility index (Phi) is 5.21. The lowest BCUT2D eigenvalue weighted by atomic mass is 10.2. The smallest absolute Gasteiger partial charge is 0.347 e. The van der Waals surface area contributed by atoms with Crippen molar-refractivity contribution in [2.24, 2.45) is 0 Å². The lowest BCUT2D eigenvalue weighted by molar-refractivity contribution is -0.153. The molecule has 0 fully saturated rings. The quantitative estimate of drug-likeness (QED) is 0.626. The van der Waals surface area contributed by atoms with Gasteiger partial charge in [-0.3, -0.25) is 0 Å². The first kappa shape index (κ1) is 17.5. The highest BCUT2D eigenvalue weighted by molar-refractivity contribution is 5.74. The van der Waals surface area contributed by atoms with Crippen molar-refractivity contribution in [2.75, 3.05) is 0 Å². The van der Waals surface area contributed by atoms with Crippen molar-refractivity contribution < 1.29 is 27.5 Å². The van der Waals surface area contributed by atoms with Gasteiger partial charge in [0.2, 0.25) is 5.89 Å². The predicted molar refractivity (Wildman–Crippen MR) is 86.0 cm³/mol. The normalized spacial score (nSPS) is 11.8. The van der Waals surface area contributed by atoms with Gasteiger partial charge in [-0.2, -0.15) is 0 Å². The first-order valence-corrected chi connectivity index (χ1v) is 7.68. The van der Waals surface area contributed by atoms with Gasteiger partial charge < -0.3 is 13.9 Å². The number of hydrogen-bond acceptors (Lipinski definition) is 6. The number of carbonyl (C=O) groups is 1. The summed E-state index contributed by atoms with van der Waals surface area (Å²) in [6.07, 6.45) is -0.903. The molecule has 1 heterocycles. The fraction of sp³-hybridized carbons (Fsp3) is 0.167. The van der Waals surface area contributed by atoms with Gasteiger partial charge >= 0.3 is 5.97 Å². The van der Waals surface area contributed by atoms with E-state index in [1.165, 1.54) is 55.5 Å². The van der Waals surface area contributed by atoms with Crippen molar-refractivity contribution in [3.8, 4) is 17.2 Å². The Morgan fingerprint density at radius 3 is 2.31 bits per heavy atom. The Bertz CT molecular complexity index is 879. The van der Waals surface area contributed by atoms with Crippen molar-refractivity contribution >= 4 is 5.97 Å². The molecule has 6 nitrogen and oxygen atoms in total. The third-order valence-electron chi connectivity index (χ3n) is 3.35. The Morgan fingerprint density at radius 1 is 1.04 bits per heavy atom. The maximum absolute atomic E-state index is 12.9. The first-order chi connectivity index (χ1) is 12.5. The molecule has 26 heavy (non-hydrogen) atoms. The van der Waals surface area contributed by atoms with Crippen LogP contribution in [0.4, 0.5) is 8.78 Å². The van der Waals surface area contributed by atoms with Crippen molar-refractivity contribution in [1.29, 1.82) is 0 Å². The van der Waals surface area contributed by atoms with Gasteiger partial charge in [0.1, 0.15) is 17.4 Å². The number of carbonyl (C=O) groups excluding carboxylic acids is 1. The molecule has 0 aliphatic heterocycles. The molecule has 0 spiro atoms. The van der Waals surface area contributed by atoms with E-state index in [1.807, 2.05) is 0 Å². The summed E-state index contributed by atoms with van der Waals surface area (Å²) in [7, 11) is 0. The lowest BCUT2D eigenvalue weighted by Crippen LogP contribution is -2.26. The van der Waals surface area contributed by atoms with Gasteiger partial charge in [-0.1, -0.05) is 0 Å². The zero-order valence-corrected chi connectivity index (χ0v) is 13.7. The lowest BCUT2D eigenvalue weighted by Gasteiger charge is -2.13. The van der Waals surface area contributed by atoms with Gasteiger partial charge in [-0.15, -0.1) is 10.2 Å². The van der Waals surface area contributed by atoms with E-state index in [9.17, 15) is 13.6 Å². The number of esters is 1. The number of aromatic nitrogens is 2. The molecule has 3 rings (SSSR count). The Morgan fingerprint density at radius 2 is 1.65 bits per heavy atom.